The van der Waals surface area contributed by atoms with E-state index in [1.165, 1.54) is 16.9 Å². The summed E-state index contributed by atoms with van der Waals surface area (Å²) in [6.07, 6.45) is 0.778. The molecule has 0 radical (unpaired) electrons. The average molecular weight is 260 g/mol. The Balaban J connectivity index is 3.29. The van der Waals surface area contributed by atoms with Gasteiger partial charge in [0.2, 0.25) is 0 Å². The molecule has 6 nitrogen and oxygen atoms in total. The molecule has 0 amide bonds. The molecule has 0 aromatic carbocycles. The van der Waals surface area contributed by atoms with Gasteiger partial charge in [0.15, 0.2) is 0 Å². The SMILES string of the molecule is O=C(O)Cc1c[nH]c(=O)n(C[AsH2])c1=O. The van der Waals surface area contributed by atoms with Crippen molar-refractivity contribution in [2.24, 2.45) is 0 Å². The number of carboxylic acid groups (broad SMARTS) is 1. The maximum atomic E-state index is 11.4. The van der Waals surface area contributed by atoms with Gasteiger partial charge in [-0.3, -0.25) is 0 Å². The number of H-pyrrole nitrogens is 1. The topological polar surface area (TPSA) is 92.2 Å². The van der Waals surface area contributed by atoms with E-state index >= 15 is 0 Å². The van der Waals surface area contributed by atoms with Crippen LogP contribution in [0.5, 0.6) is 0 Å². The van der Waals surface area contributed by atoms with Crippen LogP contribution >= 0.6 is 0 Å². The van der Waals surface area contributed by atoms with Gasteiger partial charge >= 0.3 is 86.6 Å². The fourth-order valence-corrected chi connectivity index (χ4v) is 1.71. The van der Waals surface area contributed by atoms with Crippen molar-refractivity contribution in [1.29, 1.82) is 0 Å². The van der Waals surface area contributed by atoms with E-state index in [0.717, 1.165) is 10.8 Å². The van der Waals surface area contributed by atoms with E-state index in [1.807, 2.05) is 0 Å². The first-order valence-corrected chi connectivity index (χ1v) is 5.51. The second-order valence-electron chi connectivity index (χ2n) is 2.61. The molecule has 1 rings (SSSR count). The molecule has 0 aliphatic heterocycles. The summed E-state index contributed by atoms with van der Waals surface area (Å²) in [6, 6.07) is 0. The molecule has 0 fully saturated rings. The number of aromatic amines is 1. The van der Waals surface area contributed by atoms with Gasteiger partial charge in [0.05, 0.1) is 0 Å². The van der Waals surface area contributed by atoms with Crippen LogP contribution in [0.25, 0.3) is 0 Å². The number of carbonyl (C=O) groups is 1. The van der Waals surface area contributed by atoms with Crippen molar-refractivity contribution in [1.82, 2.24) is 9.55 Å². The fraction of sp³-hybridized carbons (Fsp3) is 0.286. The molecule has 14 heavy (non-hydrogen) atoms. The summed E-state index contributed by atoms with van der Waals surface area (Å²) in [7, 11) is 0. The zero-order valence-electron chi connectivity index (χ0n) is 7.19. The number of aromatic nitrogens is 2. The van der Waals surface area contributed by atoms with E-state index in [9.17, 15) is 14.4 Å². The van der Waals surface area contributed by atoms with Gasteiger partial charge in [0, 0.05) is 0 Å². The fourth-order valence-electron chi connectivity index (χ4n) is 1.01. The van der Waals surface area contributed by atoms with Crippen molar-refractivity contribution in [2.45, 2.75) is 11.8 Å². The Bertz CT molecular complexity index is 461. The molecule has 1 heterocycles. The van der Waals surface area contributed by atoms with Gasteiger partial charge in [-0.05, 0) is 0 Å². The maximum absolute atomic E-state index is 11.4. The second-order valence-corrected chi connectivity index (χ2v) is 3.37. The molecule has 0 saturated heterocycles. The number of carboxylic acids is 1. The summed E-state index contributed by atoms with van der Waals surface area (Å²) < 4.78 is 0.984. The third kappa shape index (κ3) is 2.14. The Morgan fingerprint density at radius 2 is 2.21 bits per heavy atom. The summed E-state index contributed by atoms with van der Waals surface area (Å²) in [6.45, 7) is 0. The van der Waals surface area contributed by atoms with Crippen LogP contribution in [0.2, 0.25) is 0 Å². The molecule has 2 N–H and O–H groups in total. The van der Waals surface area contributed by atoms with E-state index in [-0.39, 0.29) is 17.3 Å². The van der Waals surface area contributed by atoms with Gasteiger partial charge in [0.1, 0.15) is 0 Å². The van der Waals surface area contributed by atoms with Crippen molar-refractivity contribution < 1.29 is 9.90 Å². The second kappa shape index (κ2) is 4.28. The predicted octanol–water partition coefficient (Wildman–Crippen LogP) is -2.25. The number of nitrogens with zero attached hydrogens (tertiary/aromatic N) is 1. The predicted molar refractivity (Wildman–Crippen MR) is 51.2 cm³/mol. The molecule has 0 bridgehead atoms. The molecule has 1 atom stereocenters. The molecule has 0 saturated carbocycles. The van der Waals surface area contributed by atoms with Crippen molar-refractivity contribution in [2.75, 3.05) is 0 Å². The van der Waals surface area contributed by atoms with Gasteiger partial charge in [0.25, 0.3) is 0 Å². The summed E-state index contributed by atoms with van der Waals surface area (Å²) in [5.41, 5.74) is -0.941. The van der Waals surface area contributed by atoms with E-state index in [0.29, 0.717) is 0 Å². The minimum atomic E-state index is -1.10. The first kappa shape index (κ1) is 10.8. The quantitative estimate of drug-likeness (QED) is 0.601. The zero-order valence-corrected chi connectivity index (χ0v) is 9.61. The number of rotatable bonds is 3. The molecule has 1 aromatic rings. The molecular weight excluding hydrogens is 251 g/mol. The summed E-state index contributed by atoms with van der Waals surface area (Å²) in [4.78, 5) is 35.2. The number of hydrogen-bond acceptors (Lipinski definition) is 3. The first-order valence-electron chi connectivity index (χ1n) is 3.79. The zero-order chi connectivity index (χ0) is 10.7. The van der Waals surface area contributed by atoms with E-state index in [2.05, 4.69) is 4.98 Å². The molecule has 76 valence electrons. The average Bonchev–Trinajstić information content (AvgIpc) is 2.10. The first-order chi connectivity index (χ1) is 6.56. The van der Waals surface area contributed by atoms with Gasteiger partial charge in [-0.25, -0.2) is 0 Å². The van der Waals surface area contributed by atoms with Gasteiger partial charge in [-0.1, -0.05) is 0 Å². The van der Waals surface area contributed by atoms with Gasteiger partial charge in [-0.2, -0.15) is 0 Å². The molecule has 7 heteroatoms. The standard InChI is InChI=1S/C7H9AsN2O4/c8-3-10-6(13)4(1-5(11)12)2-9-7(10)14/h2H,1,3,8H2,(H,9,14)(H,11,12). The Hall–Kier alpha value is -1.29. The van der Waals surface area contributed by atoms with E-state index < -0.39 is 17.2 Å². The third-order valence-corrected chi connectivity index (χ3v) is 2.43. The Morgan fingerprint density at radius 1 is 1.57 bits per heavy atom. The van der Waals surface area contributed by atoms with Crippen molar-refractivity contribution in [3.63, 3.8) is 0 Å². The van der Waals surface area contributed by atoms with Crippen LogP contribution in [0.3, 0.4) is 0 Å². The van der Waals surface area contributed by atoms with Crippen LogP contribution in [0.15, 0.2) is 15.8 Å². The minimum absolute atomic E-state index is 0.0924. The molecule has 1 unspecified atom stereocenters. The van der Waals surface area contributed by atoms with Crippen molar-refractivity contribution >= 4 is 22.8 Å². The summed E-state index contributed by atoms with van der Waals surface area (Å²) in [5, 5.41) is 8.77. The van der Waals surface area contributed by atoms with Crippen LogP contribution in [-0.2, 0) is 16.5 Å². The molecule has 1 aromatic heterocycles. The van der Waals surface area contributed by atoms with Crippen LogP contribution in [0.1, 0.15) is 5.56 Å². The van der Waals surface area contributed by atoms with E-state index in [4.69, 9.17) is 5.11 Å². The molecule has 0 aliphatic rings. The monoisotopic (exact) mass is 260 g/mol. The van der Waals surface area contributed by atoms with Crippen LogP contribution in [-0.4, -0.2) is 37.5 Å². The summed E-state index contributed by atoms with van der Waals surface area (Å²) >= 11 is 1.20. The van der Waals surface area contributed by atoms with Crippen LogP contribution < -0.4 is 11.2 Å². The molecule has 0 aliphatic carbocycles. The normalized spacial score (nSPS) is 10.1. The van der Waals surface area contributed by atoms with Crippen molar-refractivity contribution in [3.8, 4) is 0 Å². The number of nitrogens with one attached hydrogen (secondary N) is 1. The Morgan fingerprint density at radius 3 is 2.71 bits per heavy atom. The molecule has 0 spiro atoms. The third-order valence-electron chi connectivity index (χ3n) is 1.66. The van der Waals surface area contributed by atoms with Crippen molar-refractivity contribution in [3.05, 3.63) is 32.6 Å². The summed E-state index contributed by atoms with van der Waals surface area (Å²) in [5.74, 6) is -1.10. The van der Waals surface area contributed by atoms with Gasteiger partial charge < -0.3 is 0 Å². The number of aliphatic carboxylic acids is 1. The Kier molecular flexibility index (Phi) is 3.30. The van der Waals surface area contributed by atoms with Gasteiger partial charge in [-0.15, -0.1) is 0 Å². The number of hydrogen-bond donors (Lipinski definition) is 2. The molecular formula is C7H9AsN2O4. The van der Waals surface area contributed by atoms with Crippen LogP contribution in [0, 0.1) is 0 Å². The van der Waals surface area contributed by atoms with E-state index in [1.54, 1.807) is 0 Å². The van der Waals surface area contributed by atoms with Crippen LogP contribution in [0.4, 0.5) is 0 Å². The Labute approximate surface area is 87.1 Å².